The maximum absolute atomic E-state index is 11.6. The van der Waals surface area contributed by atoms with Gasteiger partial charge in [0.1, 0.15) is 16.8 Å². The van der Waals surface area contributed by atoms with Crippen LogP contribution >= 0.6 is 11.6 Å². The Hall–Kier alpha value is -2.14. The van der Waals surface area contributed by atoms with Crippen LogP contribution in [0, 0.1) is 0 Å². The minimum absolute atomic E-state index is 0.0844. The third-order valence-electron chi connectivity index (χ3n) is 4.28. The first-order valence-corrected chi connectivity index (χ1v) is 8.20. The third-order valence-corrected chi connectivity index (χ3v) is 4.48. The number of nitrogens with one attached hydrogen (secondary N) is 1. The van der Waals surface area contributed by atoms with Gasteiger partial charge in [0.2, 0.25) is 5.91 Å². The molecule has 1 aliphatic carbocycles. The number of aromatic nitrogens is 2. The number of rotatable bonds is 3. The van der Waals surface area contributed by atoms with E-state index in [1.807, 2.05) is 17.0 Å². The van der Waals surface area contributed by atoms with E-state index in [4.69, 9.17) is 11.6 Å². The lowest BCUT2D eigenvalue weighted by Crippen LogP contribution is -2.25. The molecule has 5 nitrogen and oxygen atoms in total. The Morgan fingerprint density at radius 3 is 2.87 bits per heavy atom. The number of halogens is 1. The molecule has 1 N–H and O–H groups in total. The Balaban J connectivity index is 1.59. The lowest BCUT2D eigenvalue weighted by molar-refractivity contribution is -0.116. The van der Waals surface area contributed by atoms with Gasteiger partial charge in [-0.25, -0.2) is 9.97 Å². The van der Waals surface area contributed by atoms with Gasteiger partial charge in [0.15, 0.2) is 0 Å². The number of nitrogens with zero attached hydrogens (tertiary/aromatic N) is 3. The summed E-state index contributed by atoms with van der Waals surface area (Å²) in [6.45, 7) is 2.35. The van der Waals surface area contributed by atoms with Crippen molar-refractivity contribution in [2.24, 2.45) is 0 Å². The topological polar surface area (TPSA) is 58.1 Å². The average molecular weight is 329 g/mol. The van der Waals surface area contributed by atoms with E-state index >= 15 is 0 Å². The molecule has 0 bridgehead atoms. The van der Waals surface area contributed by atoms with E-state index in [-0.39, 0.29) is 5.91 Å². The Morgan fingerprint density at radius 2 is 2.13 bits per heavy atom. The van der Waals surface area contributed by atoms with Gasteiger partial charge in [-0.1, -0.05) is 11.6 Å². The second kappa shape index (κ2) is 5.49. The smallest absolute Gasteiger partial charge is 0.223 e. The summed E-state index contributed by atoms with van der Waals surface area (Å²) in [5.41, 5.74) is 3.13. The molecular weight excluding hydrogens is 312 g/mol. The summed E-state index contributed by atoms with van der Waals surface area (Å²) < 4.78 is 0. The van der Waals surface area contributed by atoms with Gasteiger partial charge in [-0.3, -0.25) is 4.79 Å². The number of fused-ring (bicyclic) bond motifs is 1. The van der Waals surface area contributed by atoms with Gasteiger partial charge in [0.25, 0.3) is 0 Å². The second-order valence-corrected chi connectivity index (χ2v) is 6.48. The van der Waals surface area contributed by atoms with Crippen LogP contribution < -0.4 is 10.2 Å². The van der Waals surface area contributed by atoms with Crippen LogP contribution in [0.4, 0.5) is 17.2 Å². The molecule has 4 rings (SSSR count). The van der Waals surface area contributed by atoms with Crippen molar-refractivity contribution in [2.45, 2.75) is 32.1 Å². The quantitative estimate of drug-likeness (QED) is 0.874. The van der Waals surface area contributed by atoms with Crippen LogP contribution in [-0.4, -0.2) is 22.4 Å². The number of hydrogen-bond donors (Lipinski definition) is 1. The molecule has 2 heterocycles. The molecule has 0 spiro atoms. The highest BCUT2D eigenvalue weighted by atomic mass is 35.5. The van der Waals surface area contributed by atoms with Crippen molar-refractivity contribution in [1.29, 1.82) is 0 Å². The van der Waals surface area contributed by atoms with E-state index in [9.17, 15) is 4.79 Å². The molecule has 2 aromatic rings. The van der Waals surface area contributed by atoms with Gasteiger partial charge in [-0.15, -0.1) is 0 Å². The average Bonchev–Trinajstić information content (AvgIpc) is 3.26. The number of carbonyl (C=O) groups excluding carboxylic acids is 1. The SMILES string of the molecule is CC(=O)N1CCc2cc(Nc3cc(Cl)nc(C4CC4)n3)ccc21. The van der Waals surface area contributed by atoms with Gasteiger partial charge in [-0.05, 0) is 43.0 Å². The highest BCUT2D eigenvalue weighted by Gasteiger charge is 2.27. The number of hydrogen-bond acceptors (Lipinski definition) is 4. The Kier molecular flexibility index (Phi) is 3.45. The lowest BCUT2D eigenvalue weighted by Gasteiger charge is -2.15. The minimum atomic E-state index is 0.0844. The van der Waals surface area contributed by atoms with E-state index < -0.39 is 0 Å². The maximum atomic E-state index is 11.6. The molecule has 1 aliphatic heterocycles. The molecule has 2 aliphatic rings. The minimum Gasteiger partial charge on any atom is -0.340 e. The van der Waals surface area contributed by atoms with Gasteiger partial charge >= 0.3 is 0 Å². The first-order valence-electron chi connectivity index (χ1n) is 7.83. The summed E-state index contributed by atoms with van der Waals surface area (Å²) in [6, 6.07) is 7.76. The summed E-state index contributed by atoms with van der Waals surface area (Å²) in [7, 11) is 0. The molecule has 0 radical (unpaired) electrons. The molecule has 6 heteroatoms. The Morgan fingerprint density at radius 1 is 1.30 bits per heavy atom. The van der Waals surface area contributed by atoms with Crippen molar-refractivity contribution in [3.8, 4) is 0 Å². The van der Waals surface area contributed by atoms with E-state index in [1.54, 1.807) is 13.0 Å². The Labute approximate surface area is 139 Å². The van der Waals surface area contributed by atoms with Gasteiger partial charge in [-0.2, -0.15) is 0 Å². The molecule has 0 saturated heterocycles. The van der Waals surface area contributed by atoms with E-state index in [0.717, 1.165) is 43.0 Å². The maximum Gasteiger partial charge on any atom is 0.223 e. The highest BCUT2D eigenvalue weighted by molar-refractivity contribution is 6.29. The summed E-state index contributed by atoms with van der Waals surface area (Å²) in [4.78, 5) is 22.3. The molecule has 1 amide bonds. The molecule has 0 atom stereocenters. The van der Waals surface area contributed by atoms with E-state index in [2.05, 4.69) is 21.4 Å². The fourth-order valence-electron chi connectivity index (χ4n) is 2.98. The van der Waals surface area contributed by atoms with Crippen molar-refractivity contribution in [3.05, 3.63) is 40.8 Å². The first kappa shape index (κ1) is 14.5. The van der Waals surface area contributed by atoms with Crippen LogP contribution in [0.2, 0.25) is 5.15 Å². The van der Waals surface area contributed by atoms with Crippen molar-refractivity contribution in [1.82, 2.24) is 9.97 Å². The normalized spacial score (nSPS) is 16.3. The number of anilines is 3. The van der Waals surface area contributed by atoms with Gasteiger partial charge in [0, 0.05) is 36.8 Å². The van der Waals surface area contributed by atoms with E-state index in [1.165, 1.54) is 5.56 Å². The van der Waals surface area contributed by atoms with Crippen molar-refractivity contribution in [3.63, 3.8) is 0 Å². The zero-order valence-corrected chi connectivity index (χ0v) is 13.6. The number of carbonyl (C=O) groups is 1. The van der Waals surface area contributed by atoms with Crippen LogP contribution in [0.3, 0.4) is 0 Å². The zero-order valence-electron chi connectivity index (χ0n) is 12.8. The Bertz CT molecular complexity index is 788. The first-order chi connectivity index (χ1) is 11.1. The highest BCUT2D eigenvalue weighted by Crippen LogP contribution is 2.39. The van der Waals surface area contributed by atoms with E-state index in [0.29, 0.717) is 16.9 Å². The summed E-state index contributed by atoms with van der Waals surface area (Å²) in [6.07, 6.45) is 3.15. The largest absolute Gasteiger partial charge is 0.340 e. The lowest BCUT2D eigenvalue weighted by atomic mass is 10.1. The molecule has 0 unspecified atom stereocenters. The second-order valence-electron chi connectivity index (χ2n) is 6.10. The van der Waals surface area contributed by atoms with Crippen LogP contribution in [0.25, 0.3) is 0 Å². The zero-order chi connectivity index (χ0) is 16.0. The van der Waals surface area contributed by atoms with Crippen molar-refractivity contribution >= 4 is 34.7 Å². The summed E-state index contributed by atoms with van der Waals surface area (Å²) in [5.74, 6) is 2.08. The predicted molar refractivity (Wildman–Crippen MR) is 90.5 cm³/mol. The monoisotopic (exact) mass is 328 g/mol. The molecule has 1 saturated carbocycles. The summed E-state index contributed by atoms with van der Waals surface area (Å²) >= 11 is 6.10. The summed E-state index contributed by atoms with van der Waals surface area (Å²) in [5, 5.41) is 3.77. The number of amides is 1. The fourth-order valence-corrected chi connectivity index (χ4v) is 3.17. The molecule has 1 fully saturated rings. The third kappa shape index (κ3) is 2.88. The van der Waals surface area contributed by atoms with Crippen molar-refractivity contribution < 1.29 is 4.79 Å². The predicted octanol–water partition coefficient (Wildman–Crippen LogP) is 3.66. The standard InChI is InChI=1S/C17H17ClN4O/c1-10(23)22-7-6-12-8-13(4-5-14(12)22)19-16-9-15(18)20-17(21-16)11-2-3-11/h4-5,8-9,11H,2-3,6-7H2,1H3,(H,19,20,21). The van der Waals surface area contributed by atoms with Crippen LogP contribution in [0.1, 0.15) is 37.1 Å². The van der Waals surface area contributed by atoms with Crippen LogP contribution in [-0.2, 0) is 11.2 Å². The van der Waals surface area contributed by atoms with Gasteiger partial charge < -0.3 is 10.2 Å². The fraction of sp³-hybridized carbons (Fsp3) is 0.353. The molecular formula is C17H17ClN4O. The molecule has 118 valence electrons. The van der Waals surface area contributed by atoms with Gasteiger partial charge in [0.05, 0.1) is 0 Å². The number of benzene rings is 1. The van der Waals surface area contributed by atoms with Crippen LogP contribution in [0.15, 0.2) is 24.3 Å². The molecule has 1 aromatic heterocycles. The van der Waals surface area contributed by atoms with Crippen molar-refractivity contribution in [2.75, 3.05) is 16.8 Å². The molecule has 1 aromatic carbocycles. The van der Waals surface area contributed by atoms with Crippen LogP contribution in [0.5, 0.6) is 0 Å². The molecule has 23 heavy (non-hydrogen) atoms.